The molecule has 0 aliphatic heterocycles. The molecule has 0 radical (unpaired) electrons. The number of carboxylic acid groups (broad SMARTS) is 1. The van der Waals surface area contributed by atoms with Gasteiger partial charge in [0.2, 0.25) is 0 Å². The zero-order valence-electron chi connectivity index (χ0n) is 7.79. The van der Waals surface area contributed by atoms with E-state index in [1.165, 1.54) is 0 Å². The summed E-state index contributed by atoms with van der Waals surface area (Å²) >= 11 is 0. The molecule has 0 amide bonds. The average Bonchev–Trinajstić information content (AvgIpc) is 1.63. The molecule has 0 heterocycles. The molecule has 0 aromatic rings. The van der Waals surface area contributed by atoms with Crippen molar-refractivity contribution in [3.63, 3.8) is 0 Å². The smallest absolute Gasteiger partial charge is 1.00 e. The van der Waals surface area contributed by atoms with Gasteiger partial charge in [0.1, 0.15) is 6.04 Å². The maximum absolute atomic E-state index is 10.1. The van der Waals surface area contributed by atoms with Gasteiger partial charge in [-0.3, -0.25) is 4.79 Å². The molecule has 0 aliphatic rings. The predicted molar refractivity (Wildman–Crippen MR) is 36.2 cm³/mol. The summed E-state index contributed by atoms with van der Waals surface area (Å²) in [5.41, 5.74) is 5.22. The first-order valence-corrected chi connectivity index (χ1v) is 3.02. The summed E-state index contributed by atoms with van der Waals surface area (Å²) < 4.78 is 0. The Morgan fingerprint density at radius 1 is 1.70 bits per heavy atom. The second kappa shape index (κ2) is 5.79. The van der Waals surface area contributed by atoms with Crippen molar-refractivity contribution in [1.82, 2.24) is 0 Å². The third kappa shape index (κ3) is 6.15. The van der Waals surface area contributed by atoms with Crippen LogP contribution in [-0.2, 0) is 4.79 Å². The number of carboxylic acids is 1. The van der Waals surface area contributed by atoms with Gasteiger partial charge in [-0.25, -0.2) is 0 Å². The minimum atomic E-state index is -0.913. The number of nitrogens with two attached hydrogens (primary N) is 1. The predicted octanol–water partition coefficient (Wildman–Crippen LogP) is -2.44. The van der Waals surface area contributed by atoms with E-state index in [0.717, 1.165) is 0 Å². The molecule has 3 N–H and O–H groups in total. The minimum Gasteiger partial charge on any atom is -1.00 e. The first-order valence-electron chi connectivity index (χ1n) is 3.02. The summed E-state index contributed by atoms with van der Waals surface area (Å²) in [5.74, 6) is -0.556. The SMILES string of the molecule is CC(C)CC(N)C(=O)O.[H-].[Li+]. The Bertz CT molecular complexity index is 111. The van der Waals surface area contributed by atoms with Crippen molar-refractivity contribution < 1.29 is 30.2 Å². The van der Waals surface area contributed by atoms with Crippen molar-refractivity contribution in [1.29, 1.82) is 0 Å². The van der Waals surface area contributed by atoms with Crippen LogP contribution < -0.4 is 24.6 Å². The van der Waals surface area contributed by atoms with Crippen molar-refractivity contribution in [2.24, 2.45) is 11.7 Å². The first kappa shape index (κ1) is 12.7. The van der Waals surface area contributed by atoms with Crippen LogP contribution in [0.3, 0.4) is 0 Å². The topological polar surface area (TPSA) is 63.3 Å². The summed E-state index contributed by atoms with van der Waals surface area (Å²) in [7, 11) is 0. The Morgan fingerprint density at radius 2 is 2.10 bits per heavy atom. The molecule has 4 heteroatoms. The quantitative estimate of drug-likeness (QED) is 0.427. The van der Waals surface area contributed by atoms with Crippen molar-refractivity contribution in [3.8, 4) is 0 Å². The molecule has 0 spiro atoms. The molecule has 56 valence electrons. The van der Waals surface area contributed by atoms with Crippen LogP contribution in [-0.4, -0.2) is 17.1 Å². The fourth-order valence-corrected chi connectivity index (χ4v) is 0.609. The molecule has 0 aromatic carbocycles. The van der Waals surface area contributed by atoms with E-state index in [1.54, 1.807) is 0 Å². The second-order valence-electron chi connectivity index (χ2n) is 2.57. The fourth-order valence-electron chi connectivity index (χ4n) is 0.609. The van der Waals surface area contributed by atoms with E-state index in [2.05, 4.69) is 0 Å². The van der Waals surface area contributed by atoms with E-state index < -0.39 is 12.0 Å². The Labute approximate surface area is 74.6 Å². The van der Waals surface area contributed by atoms with Crippen LogP contribution in [0.2, 0.25) is 0 Å². The summed E-state index contributed by atoms with van der Waals surface area (Å²) in [5, 5.41) is 8.31. The van der Waals surface area contributed by atoms with Crippen LogP contribution in [0.5, 0.6) is 0 Å². The van der Waals surface area contributed by atoms with E-state index in [4.69, 9.17) is 10.8 Å². The van der Waals surface area contributed by atoms with Crippen LogP contribution in [0.15, 0.2) is 0 Å². The van der Waals surface area contributed by atoms with Crippen LogP contribution in [0.25, 0.3) is 0 Å². The van der Waals surface area contributed by atoms with E-state index in [1.807, 2.05) is 13.8 Å². The Hall–Kier alpha value is 0.0274. The zero-order chi connectivity index (χ0) is 7.44. The van der Waals surface area contributed by atoms with E-state index in [-0.39, 0.29) is 20.3 Å². The van der Waals surface area contributed by atoms with E-state index in [0.29, 0.717) is 12.3 Å². The minimum absolute atomic E-state index is 0. The number of aliphatic carboxylic acids is 1. The van der Waals surface area contributed by atoms with Gasteiger partial charge in [0.25, 0.3) is 0 Å². The molecule has 0 aromatic heterocycles. The van der Waals surface area contributed by atoms with Crippen molar-refractivity contribution >= 4 is 5.97 Å². The Kier molecular flexibility index (Phi) is 7.34. The number of rotatable bonds is 3. The van der Waals surface area contributed by atoms with Crippen LogP contribution in [0.4, 0.5) is 0 Å². The molecule has 1 unspecified atom stereocenters. The van der Waals surface area contributed by atoms with Gasteiger partial charge in [-0.2, -0.15) is 0 Å². The maximum Gasteiger partial charge on any atom is 1.00 e. The summed E-state index contributed by atoms with van der Waals surface area (Å²) in [4.78, 5) is 10.1. The molecule has 0 bridgehead atoms. The van der Waals surface area contributed by atoms with Gasteiger partial charge < -0.3 is 12.3 Å². The number of carbonyl (C=O) groups is 1. The zero-order valence-corrected chi connectivity index (χ0v) is 6.79. The molecule has 1 atom stereocenters. The van der Waals surface area contributed by atoms with Gasteiger partial charge in [0, 0.05) is 0 Å². The average molecular weight is 139 g/mol. The normalized spacial score (nSPS) is 12.4. The van der Waals surface area contributed by atoms with E-state index in [9.17, 15) is 4.79 Å². The van der Waals surface area contributed by atoms with Crippen LogP contribution in [0.1, 0.15) is 21.7 Å². The van der Waals surface area contributed by atoms with Crippen molar-refractivity contribution in [2.45, 2.75) is 26.3 Å². The Morgan fingerprint density at radius 3 is 2.20 bits per heavy atom. The third-order valence-corrected chi connectivity index (χ3v) is 1.04. The molecule has 10 heavy (non-hydrogen) atoms. The second-order valence-corrected chi connectivity index (χ2v) is 2.57. The summed E-state index contributed by atoms with van der Waals surface area (Å²) in [6.07, 6.45) is 0.551. The molecule has 0 rings (SSSR count). The van der Waals surface area contributed by atoms with Crippen LogP contribution >= 0.6 is 0 Å². The largest absolute Gasteiger partial charge is 1.00 e. The van der Waals surface area contributed by atoms with Crippen LogP contribution in [0, 0.1) is 5.92 Å². The van der Waals surface area contributed by atoms with E-state index >= 15 is 0 Å². The van der Waals surface area contributed by atoms with Gasteiger partial charge in [0.05, 0.1) is 0 Å². The summed E-state index contributed by atoms with van der Waals surface area (Å²) in [6, 6.07) is -0.690. The molecular formula is C6H14LiNO2. The monoisotopic (exact) mass is 139 g/mol. The van der Waals surface area contributed by atoms with Gasteiger partial charge >= 0.3 is 24.8 Å². The number of hydrogen-bond donors (Lipinski definition) is 2. The number of hydrogen-bond acceptors (Lipinski definition) is 2. The molecule has 0 aliphatic carbocycles. The van der Waals surface area contributed by atoms with Crippen molar-refractivity contribution in [2.75, 3.05) is 0 Å². The van der Waals surface area contributed by atoms with Gasteiger partial charge in [-0.15, -0.1) is 0 Å². The first-order chi connectivity index (χ1) is 4.04. The summed E-state index contributed by atoms with van der Waals surface area (Å²) in [6.45, 7) is 3.89. The van der Waals surface area contributed by atoms with Gasteiger partial charge in [-0.05, 0) is 12.3 Å². The molecule has 3 nitrogen and oxygen atoms in total. The van der Waals surface area contributed by atoms with Crippen molar-refractivity contribution in [3.05, 3.63) is 0 Å². The Balaban J connectivity index is -0.000000320. The maximum atomic E-state index is 10.1. The standard InChI is InChI=1S/C6H13NO2.Li.H/c1-4(2)3-5(7)6(8)9;;/h4-5H,3,7H2,1-2H3,(H,8,9);;/q;+1;-1. The molecule has 0 saturated heterocycles. The molecule has 0 saturated carbocycles. The van der Waals surface area contributed by atoms with Gasteiger partial charge in [0.15, 0.2) is 0 Å². The molecular weight excluding hydrogens is 125 g/mol. The molecule has 0 fully saturated rings. The fraction of sp³-hybridized carbons (Fsp3) is 0.833. The third-order valence-electron chi connectivity index (χ3n) is 1.04. The van der Waals surface area contributed by atoms with Gasteiger partial charge in [-0.1, -0.05) is 13.8 Å².